The molecule has 1 aromatic carbocycles. The fourth-order valence-corrected chi connectivity index (χ4v) is 4.98. The van der Waals surface area contributed by atoms with E-state index in [1.807, 2.05) is 38.1 Å². The van der Waals surface area contributed by atoms with Crippen LogP contribution in [0.1, 0.15) is 64.9 Å². The van der Waals surface area contributed by atoms with Crippen molar-refractivity contribution in [2.45, 2.75) is 77.1 Å². The highest BCUT2D eigenvalue weighted by Gasteiger charge is 2.26. The number of nitrogens with one attached hydrogen (secondary N) is 3. The molecule has 8 heteroatoms. The summed E-state index contributed by atoms with van der Waals surface area (Å²) in [4.78, 5) is 16.5. The fraction of sp³-hybridized carbons (Fsp3) is 0.636. The maximum atomic E-state index is 12.2. The minimum atomic E-state index is -0.730. The quantitative estimate of drug-likeness (QED) is 0.246. The summed E-state index contributed by atoms with van der Waals surface area (Å²) in [6, 6.07) is 8.14. The normalized spacial score (nSPS) is 20.0. The van der Waals surface area contributed by atoms with Gasteiger partial charge in [0.25, 0.3) is 0 Å². The largest absolute Gasteiger partial charge is 0.357 e. The Morgan fingerprint density at radius 2 is 2.03 bits per heavy atom. The Balaban J connectivity index is 0.00000450. The molecule has 1 amide bonds. The van der Waals surface area contributed by atoms with Crippen LogP contribution in [0.25, 0.3) is 0 Å². The van der Waals surface area contributed by atoms with Gasteiger partial charge < -0.3 is 16.0 Å². The number of anilines is 1. The maximum absolute atomic E-state index is 12.2. The minimum absolute atomic E-state index is 0. The monoisotopic (exact) mass is 548 g/mol. The second kappa shape index (κ2) is 14.8. The van der Waals surface area contributed by atoms with E-state index in [1.54, 1.807) is 0 Å². The van der Waals surface area contributed by atoms with Crippen LogP contribution >= 0.6 is 24.0 Å². The molecule has 0 saturated heterocycles. The second-order valence-electron chi connectivity index (χ2n) is 7.49. The average Bonchev–Trinajstić information content (AvgIpc) is 2.72. The van der Waals surface area contributed by atoms with Gasteiger partial charge >= 0.3 is 0 Å². The summed E-state index contributed by atoms with van der Waals surface area (Å²) in [6.07, 6.45) is 5.55. The standard InChI is InChI=1S/C22H36N4O2S.HI/c1-4-9-21(27)25-18-11-7-10-17(14-18)16-24-22(23-5-2)26-19-12-8-13-20(15-19)29(28)6-3;/h7,10-11,14,19-20H,4-6,8-9,12-13,15-16H2,1-3H3,(H,25,27)(H2,23,24,26);1H. The van der Waals surface area contributed by atoms with Gasteiger partial charge in [-0.3, -0.25) is 9.00 Å². The fourth-order valence-electron chi connectivity index (χ4n) is 3.63. The molecule has 0 spiro atoms. The van der Waals surface area contributed by atoms with E-state index in [0.29, 0.717) is 19.0 Å². The van der Waals surface area contributed by atoms with Crippen molar-refractivity contribution in [3.8, 4) is 0 Å². The Labute approximate surface area is 200 Å². The average molecular weight is 549 g/mol. The van der Waals surface area contributed by atoms with Gasteiger partial charge in [0, 0.05) is 46.5 Å². The molecule has 0 aromatic heterocycles. The third-order valence-corrected chi connectivity index (χ3v) is 6.82. The number of carbonyl (C=O) groups excluding carboxylic acids is 1. The third-order valence-electron chi connectivity index (χ3n) is 5.08. The zero-order valence-corrected chi connectivity index (χ0v) is 21.6. The molecule has 1 aliphatic rings. The molecule has 3 unspecified atom stereocenters. The summed E-state index contributed by atoms with van der Waals surface area (Å²) in [7, 11) is -0.730. The molecule has 0 bridgehead atoms. The van der Waals surface area contributed by atoms with Crippen molar-refractivity contribution in [1.82, 2.24) is 10.6 Å². The van der Waals surface area contributed by atoms with Gasteiger partial charge in [0.1, 0.15) is 0 Å². The van der Waals surface area contributed by atoms with Crippen LogP contribution in [0.3, 0.4) is 0 Å². The van der Waals surface area contributed by atoms with Gasteiger partial charge in [0.15, 0.2) is 5.96 Å². The first-order valence-corrected chi connectivity index (χ1v) is 12.2. The van der Waals surface area contributed by atoms with Gasteiger partial charge in [-0.05, 0) is 50.3 Å². The predicted octanol–water partition coefficient (Wildman–Crippen LogP) is 4.18. The Morgan fingerprint density at radius 1 is 1.23 bits per heavy atom. The summed E-state index contributed by atoms with van der Waals surface area (Å²) in [5, 5.41) is 10.1. The molecule has 6 nitrogen and oxygen atoms in total. The highest BCUT2D eigenvalue weighted by atomic mass is 127. The van der Waals surface area contributed by atoms with E-state index in [9.17, 15) is 9.00 Å². The molecular formula is C22H37IN4O2S. The van der Waals surface area contributed by atoms with Crippen LogP contribution < -0.4 is 16.0 Å². The zero-order chi connectivity index (χ0) is 21.1. The highest BCUT2D eigenvalue weighted by Crippen LogP contribution is 2.23. The van der Waals surface area contributed by atoms with Crippen LogP contribution in [0.5, 0.6) is 0 Å². The van der Waals surface area contributed by atoms with Gasteiger partial charge in [-0.1, -0.05) is 32.4 Å². The smallest absolute Gasteiger partial charge is 0.224 e. The number of guanidine groups is 1. The van der Waals surface area contributed by atoms with Crippen LogP contribution in [0.2, 0.25) is 0 Å². The Kier molecular flexibility index (Phi) is 13.2. The molecule has 170 valence electrons. The molecule has 1 aliphatic carbocycles. The summed E-state index contributed by atoms with van der Waals surface area (Å²) in [6.45, 7) is 7.36. The molecule has 1 saturated carbocycles. The number of hydrogen-bond donors (Lipinski definition) is 3. The van der Waals surface area contributed by atoms with E-state index in [1.165, 1.54) is 0 Å². The maximum Gasteiger partial charge on any atom is 0.224 e. The predicted molar refractivity (Wildman–Crippen MR) is 138 cm³/mol. The molecule has 2 rings (SSSR count). The van der Waals surface area contributed by atoms with Crippen LogP contribution in [0, 0.1) is 0 Å². The lowest BCUT2D eigenvalue weighted by Crippen LogP contribution is -2.46. The SMILES string of the molecule is CCCC(=O)Nc1cccc(CN=C(NCC)NC2CCCC(S(=O)CC)C2)c1.I. The van der Waals surface area contributed by atoms with Crippen molar-refractivity contribution in [2.75, 3.05) is 17.6 Å². The van der Waals surface area contributed by atoms with Crippen molar-refractivity contribution in [3.63, 3.8) is 0 Å². The number of amides is 1. The lowest BCUT2D eigenvalue weighted by Gasteiger charge is -2.30. The Hall–Kier alpha value is -1.16. The van der Waals surface area contributed by atoms with E-state index >= 15 is 0 Å². The summed E-state index contributed by atoms with van der Waals surface area (Å²) in [5.74, 6) is 1.57. The van der Waals surface area contributed by atoms with E-state index in [-0.39, 0.29) is 35.1 Å². The lowest BCUT2D eigenvalue weighted by atomic mass is 9.95. The van der Waals surface area contributed by atoms with E-state index in [2.05, 4.69) is 22.9 Å². The van der Waals surface area contributed by atoms with Crippen LogP contribution in [-0.4, -0.2) is 39.7 Å². The number of benzene rings is 1. The molecular weight excluding hydrogens is 511 g/mol. The molecule has 1 fully saturated rings. The van der Waals surface area contributed by atoms with Crippen LogP contribution in [0.15, 0.2) is 29.3 Å². The van der Waals surface area contributed by atoms with E-state index in [4.69, 9.17) is 4.99 Å². The molecule has 0 heterocycles. The second-order valence-corrected chi connectivity index (χ2v) is 9.50. The highest BCUT2D eigenvalue weighted by molar-refractivity contribution is 14.0. The van der Waals surface area contributed by atoms with Gasteiger partial charge in [-0.15, -0.1) is 24.0 Å². The molecule has 3 N–H and O–H groups in total. The van der Waals surface area contributed by atoms with Gasteiger partial charge in [0.2, 0.25) is 5.91 Å². The first-order chi connectivity index (χ1) is 14.0. The lowest BCUT2D eigenvalue weighted by molar-refractivity contribution is -0.116. The molecule has 1 aromatic rings. The van der Waals surface area contributed by atoms with Crippen molar-refractivity contribution in [3.05, 3.63) is 29.8 Å². The number of nitrogens with zero attached hydrogens (tertiary/aromatic N) is 1. The minimum Gasteiger partial charge on any atom is -0.357 e. The van der Waals surface area contributed by atoms with Gasteiger partial charge in [0.05, 0.1) is 6.54 Å². The first kappa shape index (κ1) is 26.9. The summed E-state index contributed by atoms with van der Waals surface area (Å²) < 4.78 is 12.2. The number of halogens is 1. The van der Waals surface area contributed by atoms with E-state index < -0.39 is 10.8 Å². The van der Waals surface area contributed by atoms with E-state index in [0.717, 1.165) is 61.6 Å². The van der Waals surface area contributed by atoms with Crippen LogP contribution in [0.4, 0.5) is 5.69 Å². The number of rotatable bonds is 9. The number of hydrogen-bond acceptors (Lipinski definition) is 3. The van der Waals surface area contributed by atoms with Crippen molar-refractivity contribution in [2.24, 2.45) is 4.99 Å². The number of aliphatic imine (C=N–C) groups is 1. The van der Waals surface area contributed by atoms with Gasteiger partial charge in [-0.2, -0.15) is 0 Å². The molecule has 0 aliphatic heterocycles. The third kappa shape index (κ3) is 9.32. The zero-order valence-electron chi connectivity index (χ0n) is 18.4. The Morgan fingerprint density at radius 3 is 2.73 bits per heavy atom. The molecule has 30 heavy (non-hydrogen) atoms. The van der Waals surface area contributed by atoms with Crippen molar-refractivity contribution in [1.29, 1.82) is 0 Å². The first-order valence-electron chi connectivity index (χ1n) is 10.9. The topological polar surface area (TPSA) is 82.6 Å². The van der Waals surface area contributed by atoms with Crippen molar-refractivity contribution < 1.29 is 9.00 Å². The van der Waals surface area contributed by atoms with Crippen LogP contribution in [-0.2, 0) is 22.1 Å². The number of carbonyl (C=O) groups is 1. The molecule has 0 radical (unpaired) electrons. The Bertz CT molecular complexity index is 714. The molecule has 3 atom stereocenters. The summed E-state index contributed by atoms with van der Waals surface area (Å²) in [5.41, 5.74) is 1.86. The van der Waals surface area contributed by atoms with Gasteiger partial charge in [-0.25, -0.2) is 4.99 Å². The van der Waals surface area contributed by atoms with Crippen molar-refractivity contribution >= 4 is 52.3 Å². The summed E-state index contributed by atoms with van der Waals surface area (Å²) >= 11 is 0.